The summed E-state index contributed by atoms with van der Waals surface area (Å²) >= 11 is 0. The van der Waals surface area contributed by atoms with Gasteiger partial charge in [0.25, 0.3) is 0 Å². The molecule has 3 atom stereocenters. The fourth-order valence-corrected chi connectivity index (χ4v) is 3.63. The lowest BCUT2D eigenvalue weighted by Gasteiger charge is -2.17. The van der Waals surface area contributed by atoms with E-state index in [-0.39, 0.29) is 16.8 Å². The minimum atomic E-state index is -0.386. The first kappa shape index (κ1) is 13.5. The third-order valence-electron chi connectivity index (χ3n) is 4.76. The Bertz CT molecular complexity index is 516. The lowest BCUT2D eigenvalue weighted by Crippen LogP contribution is -2.28. The Morgan fingerprint density at radius 1 is 1.45 bits per heavy atom. The Morgan fingerprint density at radius 2 is 2.25 bits per heavy atom. The van der Waals surface area contributed by atoms with Crippen molar-refractivity contribution in [1.82, 2.24) is 14.5 Å². The number of imidazole rings is 1. The van der Waals surface area contributed by atoms with Crippen LogP contribution in [0, 0.1) is 28.9 Å². The zero-order valence-electron chi connectivity index (χ0n) is 11.6. The maximum Gasteiger partial charge on any atom is 0.342 e. The molecule has 1 saturated heterocycles. The zero-order valence-corrected chi connectivity index (χ0v) is 11.6. The van der Waals surface area contributed by atoms with Crippen molar-refractivity contribution in [3.63, 3.8) is 0 Å². The predicted molar refractivity (Wildman–Crippen MR) is 72.3 cm³/mol. The average molecular weight is 280 g/mol. The van der Waals surface area contributed by atoms with Gasteiger partial charge in [-0.25, -0.2) is 9.55 Å². The number of rotatable bonds is 4. The standard InChI is InChI=1S/C13H20N4O3/c1-9-14-6-13(17(19)20)16(9)5-4-15-7-10-2-3-12(18)11(10)8-15/h6,10-12,18H,2-5,7-8H2,1H3. The summed E-state index contributed by atoms with van der Waals surface area (Å²) in [4.78, 5) is 16.9. The average Bonchev–Trinajstić information content (AvgIpc) is 3.04. The quantitative estimate of drug-likeness (QED) is 0.651. The highest BCUT2D eigenvalue weighted by atomic mass is 16.6. The summed E-state index contributed by atoms with van der Waals surface area (Å²) in [6.45, 7) is 5.06. The number of aromatic nitrogens is 2. The number of nitrogens with zero attached hydrogens (tertiary/aromatic N) is 4. The zero-order chi connectivity index (χ0) is 14.3. The lowest BCUT2D eigenvalue weighted by atomic mass is 10.00. The third-order valence-corrected chi connectivity index (χ3v) is 4.76. The van der Waals surface area contributed by atoms with E-state index in [1.54, 1.807) is 11.5 Å². The number of hydrogen-bond donors (Lipinski definition) is 1. The van der Waals surface area contributed by atoms with E-state index in [4.69, 9.17) is 0 Å². The van der Waals surface area contributed by atoms with Crippen LogP contribution in [0.2, 0.25) is 0 Å². The second-order valence-electron chi connectivity index (χ2n) is 5.90. The van der Waals surface area contributed by atoms with Crippen LogP contribution in [0.4, 0.5) is 5.82 Å². The van der Waals surface area contributed by atoms with Crippen molar-refractivity contribution in [2.24, 2.45) is 11.8 Å². The highest BCUT2D eigenvalue weighted by Gasteiger charge is 2.41. The van der Waals surface area contributed by atoms with Gasteiger partial charge in [0.2, 0.25) is 0 Å². The van der Waals surface area contributed by atoms with E-state index in [1.807, 2.05) is 0 Å². The first-order valence-corrected chi connectivity index (χ1v) is 7.13. The second-order valence-corrected chi connectivity index (χ2v) is 5.90. The molecular weight excluding hydrogens is 260 g/mol. The van der Waals surface area contributed by atoms with Gasteiger partial charge in [0.15, 0.2) is 5.82 Å². The van der Waals surface area contributed by atoms with Crippen molar-refractivity contribution in [3.05, 3.63) is 22.1 Å². The lowest BCUT2D eigenvalue weighted by molar-refractivity contribution is -0.392. The number of likely N-dealkylation sites (tertiary alicyclic amines) is 1. The molecule has 2 heterocycles. The topological polar surface area (TPSA) is 84.4 Å². The summed E-state index contributed by atoms with van der Waals surface area (Å²) < 4.78 is 1.66. The number of fused-ring (bicyclic) bond motifs is 1. The highest BCUT2D eigenvalue weighted by molar-refractivity contribution is 5.18. The van der Waals surface area contributed by atoms with Gasteiger partial charge in [-0.05, 0) is 23.7 Å². The Kier molecular flexibility index (Phi) is 3.47. The summed E-state index contributed by atoms with van der Waals surface area (Å²) in [5.74, 6) is 1.73. The van der Waals surface area contributed by atoms with Gasteiger partial charge in [-0.1, -0.05) is 0 Å². The third kappa shape index (κ3) is 2.31. The number of hydrogen-bond acceptors (Lipinski definition) is 5. The van der Waals surface area contributed by atoms with Crippen molar-refractivity contribution in [1.29, 1.82) is 0 Å². The summed E-state index contributed by atoms with van der Waals surface area (Å²) in [5.41, 5.74) is 0. The molecule has 1 aliphatic heterocycles. The molecule has 0 bridgehead atoms. The fourth-order valence-electron chi connectivity index (χ4n) is 3.63. The molecule has 2 fully saturated rings. The van der Waals surface area contributed by atoms with Crippen LogP contribution in [0.15, 0.2) is 6.20 Å². The molecular formula is C13H20N4O3. The van der Waals surface area contributed by atoms with Gasteiger partial charge in [0.1, 0.15) is 12.7 Å². The second kappa shape index (κ2) is 5.14. The summed E-state index contributed by atoms with van der Waals surface area (Å²) in [7, 11) is 0. The van der Waals surface area contributed by atoms with E-state index >= 15 is 0 Å². The Morgan fingerprint density at radius 3 is 2.95 bits per heavy atom. The molecule has 20 heavy (non-hydrogen) atoms. The number of aryl methyl sites for hydroxylation is 1. The summed E-state index contributed by atoms with van der Waals surface area (Å²) in [6.07, 6.45) is 3.19. The van der Waals surface area contributed by atoms with E-state index in [0.717, 1.165) is 32.5 Å². The molecule has 3 rings (SSSR count). The minimum absolute atomic E-state index is 0.0573. The SMILES string of the molecule is Cc1ncc([N+](=O)[O-])n1CCN1CC2CCC(O)C2C1. The maximum absolute atomic E-state index is 10.9. The van der Waals surface area contributed by atoms with E-state index in [2.05, 4.69) is 9.88 Å². The molecule has 1 aromatic rings. The fraction of sp³-hybridized carbons (Fsp3) is 0.769. The van der Waals surface area contributed by atoms with Crippen LogP contribution < -0.4 is 0 Å². The number of aliphatic hydroxyl groups is 1. The van der Waals surface area contributed by atoms with Crippen LogP contribution in [0.3, 0.4) is 0 Å². The van der Waals surface area contributed by atoms with E-state index in [0.29, 0.717) is 24.2 Å². The van der Waals surface area contributed by atoms with Gasteiger partial charge in [-0.2, -0.15) is 0 Å². The van der Waals surface area contributed by atoms with Gasteiger partial charge in [0, 0.05) is 32.5 Å². The molecule has 1 N–H and O–H groups in total. The molecule has 0 amide bonds. The maximum atomic E-state index is 10.9. The van der Waals surface area contributed by atoms with Gasteiger partial charge in [-0.15, -0.1) is 0 Å². The van der Waals surface area contributed by atoms with Crippen molar-refractivity contribution in [2.45, 2.75) is 32.4 Å². The molecule has 0 aromatic carbocycles. The van der Waals surface area contributed by atoms with Crippen LogP contribution in [-0.2, 0) is 6.54 Å². The van der Waals surface area contributed by atoms with E-state index in [9.17, 15) is 15.2 Å². The van der Waals surface area contributed by atoms with Crippen molar-refractivity contribution in [2.75, 3.05) is 19.6 Å². The molecule has 1 aromatic heterocycles. The molecule has 0 radical (unpaired) electrons. The van der Waals surface area contributed by atoms with Gasteiger partial charge >= 0.3 is 5.82 Å². The first-order valence-electron chi connectivity index (χ1n) is 7.13. The summed E-state index contributed by atoms with van der Waals surface area (Å²) in [6, 6.07) is 0. The monoisotopic (exact) mass is 280 g/mol. The van der Waals surface area contributed by atoms with Crippen LogP contribution in [0.1, 0.15) is 18.7 Å². The Balaban J connectivity index is 1.61. The highest BCUT2D eigenvalue weighted by Crippen LogP contribution is 2.37. The van der Waals surface area contributed by atoms with Crippen LogP contribution >= 0.6 is 0 Å². The normalized spacial score (nSPS) is 29.8. The van der Waals surface area contributed by atoms with Crippen LogP contribution in [0.5, 0.6) is 0 Å². The number of aliphatic hydroxyl groups excluding tert-OH is 1. The minimum Gasteiger partial charge on any atom is -0.393 e. The summed E-state index contributed by atoms with van der Waals surface area (Å²) in [5, 5.41) is 20.8. The largest absolute Gasteiger partial charge is 0.393 e. The molecule has 7 nitrogen and oxygen atoms in total. The van der Waals surface area contributed by atoms with Gasteiger partial charge in [0.05, 0.1) is 6.10 Å². The smallest absolute Gasteiger partial charge is 0.342 e. The van der Waals surface area contributed by atoms with Gasteiger partial charge < -0.3 is 15.2 Å². The molecule has 1 aliphatic carbocycles. The molecule has 7 heteroatoms. The molecule has 3 unspecified atom stereocenters. The van der Waals surface area contributed by atoms with E-state index in [1.165, 1.54) is 6.20 Å². The molecule has 110 valence electrons. The van der Waals surface area contributed by atoms with Crippen LogP contribution in [0.25, 0.3) is 0 Å². The Labute approximate surface area is 117 Å². The van der Waals surface area contributed by atoms with Crippen molar-refractivity contribution in [3.8, 4) is 0 Å². The Hall–Kier alpha value is -1.47. The van der Waals surface area contributed by atoms with E-state index < -0.39 is 0 Å². The number of nitro groups is 1. The first-order chi connectivity index (χ1) is 9.56. The molecule has 2 aliphatic rings. The van der Waals surface area contributed by atoms with Crippen molar-refractivity contribution >= 4 is 5.82 Å². The van der Waals surface area contributed by atoms with Crippen molar-refractivity contribution < 1.29 is 10.0 Å². The van der Waals surface area contributed by atoms with Crippen LogP contribution in [-0.4, -0.2) is 50.2 Å². The molecule has 0 spiro atoms. The molecule has 1 saturated carbocycles. The van der Waals surface area contributed by atoms with Gasteiger partial charge in [-0.3, -0.25) is 4.90 Å². The predicted octanol–water partition coefficient (Wildman–Crippen LogP) is 0.802.